The van der Waals surface area contributed by atoms with Gasteiger partial charge in [-0.25, -0.2) is 9.50 Å². The highest BCUT2D eigenvalue weighted by atomic mass is 19.3. The van der Waals surface area contributed by atoms with Gasteiger partial charge in [0.1, 0.15) is 6.61 Å². The summed E-state index contributed by atoms with van der Waals surface area (Å²) in [6.07, 6.45) is 3.60. The number of aromatic nitrogens is 6. The molecule has 0 aliphatic rings. The molecule has 4 rings (SSSR count). The Kier molecular flexibility index (Phi) is 3.77. The first-order valence-electron chi connectivity index (χ1n) is 7.18. The Labute approximate surface area is 139 Å². The monoisotopic (exact) mass is 344 g/mol. The van der Waals surface area contributed by atoms with Crippen LogP contribution >= 0.6 is 0 Å². The summed E-state index contributed by atoms with van der Waals surface area (Å²) in [5.74, 6) is -0.187. The molecule has 0 aromatic carbocycles. The molecular weight excluding hydrogens is 334 g/mol. The van der Waals surface area contributed by atoms with Gasteiger partial charge in [-0.15, -0.1) is 10.2 Å². The summed E-state index contributed by atoms with van der Waals surface area (Å²) in [4.78, 5) is 8.38. The van der Waals surface area contributed by atoms with E-state index in [0.717, 1.165) is 5.65 Å². The first-order chi connectivity index (χ1) is 12.2. The average molecular weight is 344 g/mol. The fourth-order valence-electron chi connectivity index (χ4n) is 2.10. The van der Waals surface area contributed by atoms with Crippen molar-refractivity contribution >= 4 is 5.65 Å². The Morgan fingerprint density at radius 2 is 2.04 bits per heavy atom. The Balaban J connectivity index is 1.44. The maximum atomic E-state index is 12.5. The van der Waals surface area contributed by atoms with Gasteiger partial charge >= 0.3 is 6.43 Å². The van der Waals surface area contributed by atoms with Crippen LogP contribution in [0, 0.1) is 0 Å². The summed E-state index contributed by atoms with van der Waals surface area (Å²) in [6.45, 7) is 0.209. The van der Waals surface area contributed by atoms with Gasteiger partial charge in [0.25, 0.3) is 5.89 Å². The predicted octanol–water partition coefficient (Wildman–Crippen LogP) is 2.69. The van der Waals surface area contributed by atoms with Crippen LogP contribution in [0.3, 0.4) is 0 Å². The molecule has 0 fully saturated rings. The SMILES string of the molecule is FC(F)c1nnc(-c2ccc(COc3cnc4ccnn4c3)nc2)o1. The van der Waals surface area contributed by atoms with E-state index in [0.29, 0.717) is 17.0 Å². The van der Waals surface area contributed by atoms with Gasteiger partial charge in [-0.1, -0.05) is 0 Å². The third-order valence-electron chi connectivity index (χ3n) is 3.31. The topological polar surface area (TPSA) is 91.2 Å². The van der Waals surface area contributed by atoms with Crippen molar-refractivity contribution in [1.29, 1.82) is 0 Å². The number of halogens is 2. The second kappa shape index (κ2) is 6.23. The van der Waals surface area contributed by atoms with E-state index in [-0.39, 0.29) is 12.5 Å². The molecule has 4 aromatic rings. The third kappa shape index (κ3) is 3.13. The number of ether oxygens (including phenoxy) is 1. The van der Waals surface area contributed by atoms with Gasteiger partial charge in [-0.3, -0.25) is 4.98 Å². The third-order valence-corrected chi connectivity index (χ3v) is 3.31. The molecule has 0 radical (unpaired) electrons. The van der Waals surface area contributed by atoms with E-state index >= 15 is 0 Å². The Morgan fingerprint density at radius 3 is 2.80 bits per heavy atom. The Hall–Kier alpha value is -3.43. The molecule has 0 spiro atoms. The molecule has 25 heavy (non-hydrogen) atoms. The molecule has 0 saturated heterocycles. The van der Waals surface area contributed by atoms with Crippen molar-refractivity contribution in [3.63, 3.8) is 0 Å². The normalized spacial score (nSPS) is 11.3. The highest BCUT2D eigenvalue weighted by molar-refractivity contribution is 5.50. The molecule has 0 aliphatic heterocycles. The first kappa shape index (κ1) is 15.1. The molecule has 126 valence electrons. The minimum atomic E-state index is -2.80. The smallest absolute Gasteiger partial charge is 0.314 e. The average Bonchev–Trinajstić information content (AvgIpc) is 3.29. The molecule has 4 heterocycles. The van der Waals surface area contributed by atoms with Crippen LogP contribution in [-0.2, 0) is 6.61 Å². The fourth-order valence-corrected chi connectivity index (χ4v) is 2.10. The van der Waals surface area contributed by atoms with Crippen molar-refractivity contribution in [3.05, 3.63) is 54.6 Å². The van der Waals surface area contributed by atoms with Crippen LogP contribution in [0.4, 0.5) is 8.78 Å². The largest absolute Gasteiger partial charge is 0.484 e. The summed E-state index contributed by atoms with van der Waals surface area (Å²) in [5, 5.41) is 10.9. The maximum Gasteiger partial charge on any atom is 0.314 e. The fraction of sp³-hybridized carbons (Fsp3) is 0.133. The lowest BCUT2D eigenvalue weighted by atomic mass is 10.2. The van der Waals surface area contributed by atoms with Gasteiger partial charge in [0.05, 0.1) is 29.8 Å². The zero-order chi connectivity index (χ0) is 17.2. The molecular formula is C15H10F2N6O2. The van der Waals surface area contributed by atoms with Crippen LogP contribution in [0.1, 0.15) is 18.0 Å². The van der Waals surface area contributed by atoms with Crippen molar-refractivity contribution in [1.82, 2.24) is 29.8 Å². The lowest BCUT2D eigenvalue weighted by molar-refractivity contribution is 0.116. The quantitative estimate of drug-likeness (QED) is 0.549. The first-order valence-corrected chi connectivity index (χ1v) is 7.18. The molecule has 0 atom stereocenters. The number of rotatable bonds is 5. The van der Waals surface area contributed by atoms with E-state index in [1.54, 1.807) is 41.3 Å². The van der Waals surface area contributed by atoms with E-state index in [2.05, 4.69) is 25.3 Å². The number of pyridine rings is 1. The van der Waals surface area contributed by atoms with Crippen molar-refractivity contribution in [2.24, 2.45) is 0 Å². The molecule has 0 saturated carbocycles. The van der Waals surface area contributed by atoms with Crippen molar-refractivity contribution in [2.45, 2.75) is 13.0 Å². The molecule has 0 amide bonds. The molecule has 4 aromatic heterocycles. The second-order valence-corrected chi connectivity index (χ2v) is 5.00. The van der Waals surface area contributed by atoms with Crippen LogP contribution in [0.15, 0.2) is 47.4 Å². The van der Waals surface area contributed by atoms with E-state index < -0.39 is 12.3 Å². The molecule has 0 aliphatic carbocycles. The highest BCUT2D eigenvalue weighted by Crippen LogP contribution is 2.22. The lowest BCUT2D eigenvalue weighted by Crippen LogP contribution is -2.00. The van der Waals surface area contributed by atoms with Crippen LogP contribution in [0.25, 0.3) is 17.1 Å². The minimum absolute atomic E-state index is 0.0106. The molecule has 0 N–H and O–H groups in total. The van der Waals surface area contributed by atoms with Crippen LogP contribution in [-0.4, -0.2) is 29.8 Å². The van der Waals surface area contributed by atoms with Gasteiger partial charge < -0.3 is 9.15 Å². The minimum Gasteiger partial charge on any atom is -0.484 e. The summed E-state index contributed by atoms with van der Waals surface area (Å²) in [6, 6.07) is 5.10. The van der Waals surface area contributed by atoms with E-state index in [9.17, 15) is 8.78 Å². The van der Waals surface area contributed by atoms with Crippen molar-refractivity contribution in [3.8, 4) is 17.2 Å². The zero-order valence-electron chi connectivity index (χ0n) is 12.6. The second-order valence-electron chi connectivity index (χ2n) is 5.00. The van der Waals surface area contributed by atoms with Crippen LogP contribution in [0.2, 0.25) is 0 Å². The van der Waals surface area contributed by atoms with Gasteiger partial charge in [0.15, 0.2) is 11.4 Å². The number of nitrogens with zero attached hydrogens (tertiary/aromatic N) is 6. The van der Waals surface area contributed by atoms with Crippen LogP contribution < -0.4 is 4.74 Å². The van der Waals surface area contributed by atoms with E-state index in [1.807, 2.05) is 0 Å². The van der Waals surface area contributed by atoms with Gasteiger partial charge in [-0.05, 0) is 12.1 Å². The van der Waals surface area contributed by atoms with Crippen molar-refractivity contribution < 1.29 is 17.9 Å². The Bertz CT molecular complexity index is 999. The number of fused-ring (bicyclic) bond motifs is 1. The summed E-state index contributed by atoms with van der Waals surface area (Å²) >= 11 is 0. The Morgan fingerprint density at radius 1 is 1.12 bits per heavy atom. The highest BCUT2D eigenvalue weighted by Gasteiger charge is 2.17. The number of hydrogen-bond acceptors (Lipinski definition) is 7. The van der Waals surface area contributed by atoms with Gasteiger partial charge in [0.2, 0.25) is 5.89 Å². The zero-order valence-corrected chi connectivity index (χ0v) is 12.6. The lowest BCUT2D eigenvalue weighted by Gasteiger charge is -2.05. The van der Waals surface area contributed by atoms with E-state index in [4.69, 9.17) is 9.15 Å². The summed E-state index contributed by atoms with van der Waals surface area (Å²) in [7, 11) is 0. The number of alkyl halides is 2. The summed E-state index contributed by atoms with van der Waals surface area (Å²) in [5.41, 5.74) is 1.80. The van der Waals surface area contributed by atoms with Gasteiger partial charge in [-0.2, -0.15) is 13.9 Å². The van der Waals surface area contributed by atoms with Crippen LogP contribution in [0.5, 0.6) is 5.75 Å². The number of hydrogen-bond donors (Lipinski definition) is 0. The molecule has 8 nitrogen and oxygen atoms in total. The van der Waals surface area contributed by atoms with Crippen molar-refractivity contribution in [2.75, 3.05) is 0 Å². The molecule has 0 unspecified atom stereocenters. The standard InChI is InChI=1S/C15H10F2N6O2/c16-13(17)15-22-21-14(25-15)9-1-2-10(18-5-9)8-24-11-6-19-12-3-4-20-23(12)7-11/h1-7,13H,8H2. The van der Waals surface area contributed by atoms with E-state index in [1.165, 1.54) is 6.20 Å². The predicted molar refractivity (Wildman–Crippen MR) is 79.8 cm³/mol. The van der Waals surface area contributed by atoms with Gasteiger partial charge in [0, 0.05) is 12.3 Å². The maximum absolute atomic E-state index is 12.5. The molecule has 0 bridgehead atoms. The summed E-state index contributed by atoms with van der Waals surface area (Å²) < 4.78 is 37.0. The molecule has 10 heteroatoms.